The second-order valence-corrected chi connectivity index (χ2v) is 4.89. The van der Waals surface area contributed by atoms with Crippen LogP contribution in [0.15, 0.2) is 36.4 Å². The zero-order valence-electron chi connectivity index (χ0n) is 11.4. The van der Waals surface area contributed by atoms with Crippen LogP contribution in [-0.2, 0) is 6.18 Å². The lowest BCUT2D eigenvalue weighted by Crippen LogP contribution is -2.10. The molecule has 0 heterocycles. The van der Waals surface area contributed by atoms with Crippen LogP contribution in [0.1, 0.15) is 21.5 Å². The Balaban J connectivity index is 2.49. The Labute approximate surface area is 129 Å². The van der Waals surface area contributed by atoms with E-state index in [2.05, 4.69) is 0 Å². The van der Waals surface area contributed by atoms with Crippen LogP contribution in [0, 0.1) is 0 Å². The van der Waals surface area contributed by atoms with E-state index >= 15 is 0 Å². The largest absolute Gasteiger partial charge is 0.495 e. The summed E-state index contributed by atoms with van der Waals surface area (Å²) in [5, 5.41) is 0.288. The molecule has 0 amide bonds. The third-order valence-corrected chi connectivity index (χ3v) is 3.35. The summed E-state index contributed by atoms with van der Waals surface area (Å²) in [4.78, 5) is 12.4. The fourth-order valence-electron chi connectivity index (χ4n) is 1.89. The molecule has 0 aliphatic heterocycles. The van der Waals surface area contributed by atoms with Gasteiger partial charge < -0.3 is 10.5 Å². The molecule has 0 spiro atoms. The van der Waals surface area contributed by atoms with Crippen LogP contribution in [-0.4, -0.2) is 12.9 Å². The molecule has 0 saturated heterocycles. The number of halogens is 4. The van der Waals surface area contributed by atoms with E-state index in [1.54, 1.807) is 0 Å². The van der Waals surface area contributed by atoms with Gasteiger partial charge in [-0.2, -0.15) is 13.2 Å². The second kappa shape index (κ2) is 5.88. The molecule has 0 bridgehead atoms. The molecule has 7 heteroatoms. The summed E-state index contributed by atoms with van der Waals surface area (Å²) >= 11 is 5.85. The van der Waals surface area contributed by atoms with Crippen LogP contribution in [0.5, 0.6) is 5.75 Å². The minimum atomic E-state index is -4.56. The van der Waals surface area contributed by atoms with E-state index in [9.17, 15) is 18.0 Å². The highest BCUT2D eigenvalue weighted by molar-refractivity contribution is 6.32. The number of benzene rings is 2. The molecule has 0 aliphatic carbocycles. The van der Waals surface area contributed by atoms with E-state index in [1.165, 1.54) is 25.3 Å². The van der Waals surface area contributed by atoms with Gasteiger partial charge in [-0.15, -0.1) is 0 Å². The molecule has 2 N–H and O–H groups in total. The van der Waals surface area contributed by atoms with E-state index in [1.807, 2.05) is 0 Å². The number of nitrogen functional groups attached to an aromatic ring is 1. The number of anilines is 1. The van der Waals surface area contributed by atoms with Gasteiger partial charge in [0, 0.05) is 16.8 Å². The van der Waals surface area contributed by atoms with Gasteiger partial charge in [0.05, 0.1) is 17.7 Å². The molecule has 0 saturated carbocycles. The Hall–Kier alpha value is -2.21. The molecule has 116 valence electrons. The molecule has 2 aromatic carbocycles. The number of carbonyl (C=O) groups excluding carboxylic acids is 1. The molecule has 22 heavy (non-hydrogen) atoms. The fourth-order valence-corrected chi connectivity index (χ4v) is 2.08. The Morgan fingerprint density at radius 3 is 2.45 bits per heavy atom. The Kier molecular flexibility index (Phi) is 4.32. The zero-order valence-corrected chi connectivity index (χ0v) is 12.1. The van der Waals surface area contributed by atoms with Crippen molar-refractivity contribution in [1.29, 1.82) is 0 Å². The van der Waals surface area contributed by atoms with Crippen molar-refractivity contribution in [3.05, 3.63) is 58.1 Å². The molecular weight excluding hydrogens is 319 g/mol. The normalized spacial score (nSPS) is 11.3. The SMILES string of the molecule is COc1cc(C(=O)c2cc(C(F)(F)F)ccc2N)ccc1Cl. The molecule has 2 rings (SSSR count). The summed E-state index contributed by atoms with van der Waals surface area (Å²) in [7, 11) is 1.37. The van der Waals surface area contributed by atoms with E-state index < -0.39 is 17.5 Å². The van der Waals surface area contributed by atoms with Gasteiger partial charge in [0.1, 0.15) is 5.75 Å². The van der Waals surface area contributed by atoms with E-state index in [0.717, 1.165) is 18.2 Å². The summed E-state index contributed by atoms with van der Waals surface area (Å²) in [5.41, 5.74) is 4.56. The number of hydrogen-bond acceptors (Lipinski definition) is 3. The number of alkyl halides is 3. The standard InChI is InChI=1S/C15H11ClF3NO2/c1-22-13-6-8(2-4-11(13)16)14(21)10-7-9(15(17,18)19)3-5-12(10)20/h2-7H,20H2,1H3. The lowest BCUT2D eigenvalue weighted by atomic mass is 9.99. The average molecular weight is 330 g/mol. The first-order valence-corrected chi connectivity index (χ1v) is 6.47. The van der Waals surface area contributed by atoms with Gasteiger partial charge in [0.15, 0.2) is 5.78 Å². The molecule has 0 radical (unpaired) electrons. The van der Waals surface area contributed by atoms with E-state index in [-0.39, 0.29) is 27.6 Å². The van der Waals surface area contributed by atoms with Gasteiger partial charge >= 0.3 is 6.18 Å². The van der Waals surface area contributed by atoms with Crippen molar-refractivity contribution < 1.29 is 22.7 Å². The first-order valence-electron chi connectivity index (χ1n) is 6.09. The van der Waals surface area contributed by atoms with Crippen LogP contribution < -0.4 is 10.5 Å². The fraction of sp³-hybridized carbons (Fsp3) is 0.133. The topological polar surface area (TPSA) is 52.3 Å². The summed E-state index contributed by atoms with van der Waals surface area (Å²) in [6.45, 7) is 0. The first-order chi connectivity index (χ1) is 10.2. The second-order valence-electron chi connectivity index (χ2n) is 4.48. The third kappa shape index (κ3) is 3.17. The molecule has 0 aromatic heterocycles. The highest BCUT2D eigenvalue weighted by Crippen LogP contribution is 2.32. The summed E-state index contributed by atoms with van der Waals surface area (Å²) in [6.07, 6.45) is -4.56. The number of ether oxygens (including phenoxy) is 1. The van der Waals surface area contributed by atoms with Gasteiger partial charge in [-0.3, -0.25) is 4.79 Å². The quantitative estimate of drug-likeness (QED) is 0.679. The number of nitrogens with two attached hydrogens (primary N) is 1. The van der Waals surface area contributed by atoms with Crippen LogP contribution in [0.25, 0.3) is 0 Å². The lowest BCUT2D eigenvalue weighted by molar-refractivity contribution is -0.137. The molecule has 0 fully saturated rings. The van der Waals surface area contributed by atoms with Crippen molar-refractivity contribution in [2.45, 2.75) is 6.18 Å². The maximum Gasteiger partial charge on any atom is 0.416 e. The van der Waals surface area contributed by atoms with Gasteiger partial charge in [-0.1, -0.05) is 11.6 Å². The monoisotopic (exact) mass is 329 g/mol. The molecule has 3 nitrogen and oxygen atoms in total. The smallest absolute Gasteiger partial charge is 0.416 e. The van der Waals surface area contributed by atoms with Gasteiger partial charge in [0.2, 0.25) is 0 Å². The maximum atomic E-state index is 12.7. The van der Waals surface area contributed by atoms with Crippen molar-refractivity contribution in [2.24, 2.45) is 0 Å². The van der Waals surface area contributed by atoms with Crippen LogP contribution >= 0.6 is 11.6 Å². The average Bonchev–Trinajstić information content (AvgIpc) is 2.46. The third-order valence-electron chi connectivity index (χ3n) is 3.04. The van der Waals surface area contributed by atoms with Gasteiger partial charge in [-0.05, 0) is 36.4 Å². The van der Waals surface area contributed by atoms with Crippen LogP contribution in [0.4, 0.5) is 18.9 Å². The van der Waals surface area contributed by atoms with Crippen LogP contribution in [0.3, 0.4) is 0 Å². The van der Waals surface area contributed by atoms with E-state index in [0.29, 0.717) is 0 Å². The lowest BCUT2D eigenvalue weighted by Gasteiger charge is -2.11. The van der Waals surface area contributed by atoms with Crippen molar-refractivity contribution in [1.82, 2.24) is 0 Å². The highest BCUT2D eigenvalue weighted by Gasteiger charge is 2.31. The number of ketones is 1. The summed E-state index contributed by atoms with van der Waals surface area (Å²) in [6, 6.07) is 6.80. The number of methoxy groups -OCH3 is 1. The minimum absolute atomic E-state index is 0.0353. The van der Waals surface area contributed by atoms with E-state index in [4.69, 9.17) is 22.1 Å². The predicted molar refractivity (Wildman–Crippen MR) is 77.3 cm³/mol. The zero-order chi connectivity index (χ0) is 16.5. The maximum absolute atomic E-state index is 12.7. The number of hydrogen-bond donors (Lipinski definition) is 1. The van der Waals surface area contributed by atoms with Crippen molar-refractivity contribution in [3.8, 4) is 5.75 Å². The number of carbonyl (C=O) groups is 1. The minimum Gasteiger partial charge on any atom is -0.495 e. The van der Waals surface area contributed by atoms with Crippen molar-refractivity contribution >= 4 is 23.1 Å². The van der Waals surface area contributed by atoms with Gasteiger partial charge in [-0.25, -0.2) is 0 Å². The molecule has 0 aliphatic rings. The highest BCUT2D eigenvalue weighted by atomic mass is 35.5. The molecule has 2 aromatic rings. The van der Waals surface area contributed by atoms with Crippen LogP contribution in [0.2, 0.25) is 5.02 Å². The molecule has 0 atom stereocenters. The summed E-state index contributed by atoms with van der Waals surface area (Å²) in [5.74, 6) is -0.392. The summed E-state index contributed by atoms with van der Waals surface area (Å²) < 4.78 is 43.2. The molecular formula is C15H11ClF3NO2. The molecule has 0 unspecified atom stereocenters. The Morgan fingerprint density at radius 1 is 1.18 bits per heavy atom. The first kappa shape index (κ1) is 16.2. The van der Waals surface area contributed by atoms with Crippen molar-refractivity contribution in [3.63, 3.8) is 0 Å². The number of rotatable bonds is 3. The Morgan fingerprint density at radius 2 is 1.86 bits per heavy atom. The Bertz CT molecular complexity index is 729. The van der Waals surface area contributed by atoms with Gasteiger partial charge in [0.25, 0.3) is 0 Å². The van der Waals surface area contributed by atoms with Crippen molar-refractivity contribution in [2.75, 3.05) is 12.8 Å². The predicted octanol–water partition coefficient (Wildman–Crippen LogP) is 4.18.